The van der Waals surface area contributed by atoms with Gasteiger partial charge in [0.2, 0.25) is 0 Å². The van der Waals surface area contributed by atoms with E-state index >= 15 is 0 Å². The average Bonchev–Trinajstić information content (AvgIpc) is 3.17. The summed E-state index contributed by atoms with van der Waals surface area (Å²) in [5.41, 5.74) is 6.40. The lowest BCUT2D eigenvalue weighted by atomic mass is 9.81. The van der Waals surface area contributed by atoms with Crippen molar-refractivity contribution < 1.29 is 0 Å². The number of hydrogen-bond acceptors (Lipinski definition) is 0. The van der Waals surface area contributed by atoms with Crippen LogP contribution in [0.3, 0.4) is 0 Å². The second-order valence-electron chi connectivity index (χ2n) is 7.14. The van der Waals surface area contributed by atoms with Gasteiger partial charge >= 0.3 is 0 Å². The first-order valence-corrected chi connectivity index (χ1v) is 10.4. The maximum absolute atomic E-state index is 2.43. The summed E-state index contributed by atoms with van der Waals surface area (Å²) < 4.78 is 0. The van der Waals surface area contributed by atoms with E-state index in [4.69, 9.17) is 0 Å². The molecule has 0 N–H and O–H groups in total. The van der Waals surface area contributed by atoms with Crippen LogP contribution in [0.4, 0.5) is 0 Å². The molecular formula is C25H36. The summed E-state index contributed by atoms with van der Waals surface area (Å²) in [5.74, 6) is 3.14. The molecule has 2 aliphatic rings. The predicted molar refractivity (Wildman–Crippen MR) is 111 cm³/mol. The first-order chi connectivity index (χ1) is 12.2. The fraction of sp³-hybridized carbons (Fsp3) is 0.520. The van der Waals surface area contributed by atoms with Crippen LogP contribution in [0.15, 0.2) is 48.5 Å². The molecule has 0 saturated carbocycles. The molecule has 0 spiro atoms. The number of rotatable bonds is 2. The van der Waals surface area contributed by atoms with E-state index in [9.17, 15) is 0 Å². The molecule has 0 heterocycles. The van der Waals surface area contributed by atoms with Gasteiger partial charge in [-0.05, 0) is 65.2 Å². The number of hydrogen-bond donors (Lipinski definition) is 0. The Morgan fingerprint density at radius 2 is 1.00 bits per heavy atom. The summed E-state index contributed by atoms with van der Waals surface area (Å²) in [6.45, 7) is 12.9. The number of fused-ring (bicyclic) bond motifs is 2. The molecule has 0 aliphatic heterocycles. The molecule has 2 aromatic carbocycles. The summed E-state index contributed by atoms with van der Waals surface area (Å²) in [7, 11) is 0. The fourth-order valence-corrected chi connectivity index (χ4v) is 4.72. The third-order valence-corrected chi connectivity index (χ3v) is 6.08. The van der Waals surface area contributed by atoms with Crippen molar-refractivity contribution in [3.63, 3.8) is 0 Å². The van der Waals surface area contributed by atoms with Crippen molar-refractivity contribution in [2.24, 2.45) is 11.8 Å². The molecule has 0 heteroatoms. The normalized spacial score (nSPS) is 25.8. The molecule has 25 heavy (non-hydrogen) atoms. The Balaban J connectivity index is 0.000000528. The third kappa shape index (κ3) is 4.00. The van der Waals surface area contributed by atoms with Crippen molar-refractivity contribution >= 4 is 0 Å². The maximum Gasteiger partial charge on any atom is -0.0156 e. The van der Waals surface area contributed by atoms with Crippen LogP contribution in [0.25, 0.3) is 0 Å². The van der Waals surface area contributed by atoms with E-state index in [1.807, 2.05) is 27.7 Å². The van der Waals surface area contributed by atoms with Gasteiger partial charge in [-0.2, -0.15) is 0 Å². The molecule has 4 unspecified atom stereocenters. The molecular weight excluding hydrogens is 300 g/mol. The third-order valence-electron chi connectivity index (χ3n) is 6.08. The highest BCUT2D eigenvalue weighted by Crippen LogP contribution is 2.46. The zero-order chi connectivity index (χ0) is 18.4. The molecule has 0 fully saturated rings. The van der Waals surface area contributed by atoms with Crippen molar-refractivity contribution in [1.82, 2.24) is 0 Å². The predicted octanol–water partition coefficient (Wildman–Crippen LogP) is 7.38. The van der Waals surface area contributed by atoms with Crippen LogP contribution in [0.1, 0.15) is 82.1 Å². The van der Waals surface area contributed by atoms with Crippen LogP contribution >= 0.6 is 0 Å². The minimum absolute atomic E-state index is 0.733. The van der Waals surface area contributed by atoms with Gasteiger partial charge < -0.3 is 0 Å². The van der Waals surface area contributed by atoms with Gasteiger partial charge in [-0.15, -0.1) is 0 Å². The van der Waals surface area contributed by atoms with Gasteiger partial charge in [-0.3, -0.25) is 0 Å². The van der Waals surface area contributed by atoms with Crippen LogP contribution in [0, 0.1) is 11.8 Å². The topological polar surface area (TPSA) is 0 Å². The highest BCUT2D eigenvalue weighted by molar-refractivity contribution is 5.38. The Labute approximate surface area is 155 Å². The van der Waals surface area contributed by atoms with Gasteiger partial charge in [0, 0.05) is 0 Å². The summed E-state index contributed by atoms with van der Waals surface area (Å²) >= 11 is 0. The first kappa shape index (κ1) is 19.8. The second-order valence-corrected chi connectivity index (χ2v) is 7.14. The minimum atomic E-state index is 0.733. The molecule has 0 nitrogen and oxygen atoms in total. The molecule has 0 saturated heterocycles. The van der Waals surface area contributed by atoms with Gasteiger partial charge in [0.15, 0.2) is 0 Å². The van der Waals surface area contributed by atoms with Crippen LogP contribution in [0.5, 0.6) is 0 Å². The van der Waals surface area contributed by atoms with Crippen molar-refractivity contribution in [3.8, 4) is 0 Å². The van der Waals surface area contributed by atoms with Crippen LogP contribution in [-0.4, -0.2) is 0 Å². The van der Waals surface area contributed by atoms with Gasteiger partial charge in [-0.1, -0.05) is 90.1 Å². The lowest BCUT2D eigenvalue weighted by Crippen LogP contribution is -2.14. The molecule has 4 rings (SSSR count). The molecule has 0 amide bonds. The van der Waals surface area contributed by atoms with E-state index in [-0.39, 0.29) is 0 Å². The largest absolute Gasteiger partial charge is 0.0683 e. The Morgan fingerprint density at radius 3 is 1.36 bits per heavy atom. The van der Waals surface area contributed by atoms with Crippen molar-refractivity contribution in [2.45, 2.75) is 72.6 Å². The van der Waals surface area contributed by atoms with E-state index in [1.54, 1.807) is 22.3 Å². The van der Waals surface area contributed by atoms with Gasteiger partial charge in [0.05, 0.1) is 0 Å². The van der Waals surface area contributed by atoms with Crippen LogP contribution in [-0.2, 0) is 12.8 Å². The Bertz CT molecular complexity index is 597. The quantitative estimate of drug-likeness (QED) is 0.536. The maximum atomic E-state index is 2.43. The smallest absolute Gasteiger partial charge is 0.0156 e. The second kappa shape index (κ2) is 9.22. The minimum Gasteiger partial charge on any atom is -0.0683 e. The van der Waals surface area contributed by atoms with Crippen LogP contribution < -0.4 is 0 Å². The highest BCUT2D eigenvalue weighted by atomic mass is 14.4. The summed E-state index contributed by atoms with van der Waals surface area (Å²) in [6.07, 6.45) is 3.96. The fourth-order valence-electron chi connectivity index (χ4n) is 4.72. The Morgan fingerprint density at radius 1 is 0.640 bits per heavy atom. The van der Waals surface area contributed by atoms with Crippen molar-refractivity contribution in [2.75, 3.05) is 0 Å². The SMILES string of the molecule is CC.CC.CC1c2ccccc2CC1CC1Cc2ccccc2C1C. The van der Waals surface area contributed by atoms with Crippen molar-refractivity contribution in [3.05, 3.63) is 70.8 Å². The monoisotopic (exact) mass is 336 g/mol. The van der Waals surface area contributed by atoms with Crippen LogP contribution in [0.2, 0.25) is 0 Å². The lowest BCUT2D eigenvalue weighted by Gasteiger charge is -2.23. The zero-order valence-electron chi connectivity index (χ0n) is 17.0. The van der Waals surface area contributed by atoms with Gasteiger partial charge in [0.1, 0.15) is 0 Å². The summed E-state index contributed by atoms with van der Waals surface area (Å²) in [6, 6.07) is 18.1. The standard InChI is InChI=1S/C21H24.2C2H6/c1-14-18(11-16-7-3-5-9-20(14)16)13-19-12-17-8-4-6-10-21(17)15(19)2;2*1-2/h3-10,14-15,18-19H,11-13H2,1-2H3;2*1-2H3. The van der Waals surface area contributed by atoms with Gasteiger partial charge in [0.25, 0.3) is 0 Å². The summed E-state index contributed by atoms with van der Waals surface area (Å²) in [4.78, 5) is 0. The molecule has 4 atom stereocenters. The van der Waals surface area contributed by atoms with E-state index < -0.39 is 0 Å². The molecule has 0 bridgehead atoms. The van der Waals surface area contributed by atoms with E-state index in [0.29, 0.717) is 0 Å². The molecule has 0 radical (unpaired) electrons. The zero-order valence-corrected chi connectivity index (χ0v) is 17.0. The van der Waals surface area contributed by atoms with E-state index in [2.05, 4.69) is 62.4 Å². The lowest BCUT2D eigenvalue weighted by molar-refractivity contribution is 0.330. The first-order valence-electron chi connectivity index (χ1n) is 10.4. The Hall–Kier alpha value is -1.56. The Kier molecular flexibility index (Phi) is 7.29. The van der Waals surface area contributed by atoms with Gasteiger partial charge in [-0.25, -0.2) is 0 Å². The van der Waals surface area contributed by atoms with Crippen molar-refractivity contribution in [1.29, 1.82) is 0 Å². The van der Waals surface area contributed by atoms with E-state index in [1.165, 1.54) is 19.3 Å². The molecule has 2 aromatic rings. The number of benzene rings is 2. The highest BCUT2D eigenvalue weighted by Gasteiger charge is 2.35. The molecule has 0 aromatic heterocycles. The molecule has 2 aliphatic carbocycles. The average molecular weight is 337 g/mol. The molecule has 136 valence electrons. The summed E-state index contributed by atoms with van der Waals surface area (Å²) in [5, 5.41) is 0. The van der Waals surface area contributed by atoms with E-state index in [0.717, 1.165) is 23.7 Å².